The van der Waals surface area contributed by atoms with Crippen LogP contribution in [0, 0.1) is 0 Å². The summed E-state index contributed by atoms with van der Waals surface area (Å²) in [4.78, 5) is 3.85. The summed E-state index contributed by atoms with van der Waals surface area (Å²) in [5, 5.41) is 11.3. The number of hydrogen-bond acceptors (Lipinski definition) is 4. The predicted molar refractivity (Wildman–Crippen MR) is 62.9 cm³/mol. The molecule has 1 aromatic heterocycles. The molecule has 0 fully saturated rings. The molecule has 0 radical (unpaired) electrons. The smallest absolute Gasteiger partial charge is 0.265 e. The lowest BCUT2D eigenvalue weighted by Crippen LogP contribution is -2.13. The van der Waals surface area contributed by atoms with Crippen LogP contribution in [0.5, 0.6) is 0 Å². The molecular weight excluding hydrogens is 252 g/mol. The van der Waals surface area contributed by atoms with Gasteiger partial charge in [-0.15, -0.1) is 0 Å². The van der Waals surface area contributed by atoms with Crippen molar-refractivity contribution < 1.29 is 9.42 Å². The molecule has 1 aromatic rings. The first-order valence-corrected chi connectivity index (χ1v) is 6.68. The lowest BCUT2D eigenvalue weighted by atomic mass is 10.3. The summed E-state index contributed by atoms with van der Waals surface area (Å²) in [5.41, 5.74) is 5.87. The van der Waals surface area contributed by atoms with Crippen LogP contribution in [0.25, 0.3) is 0 Å². The SMILES string of the molecule is CS(=O)(Cc1ccc(Cl)nc1)=N/C(N)=N/O. The van der Waals surface area contributed by atoms with Gasteiger partial charge in [-0.05, 0) is 16.8 Å². The fraction of sp³-hybridized carbons (Fsp3) is 0.250. The molecule has 0 saturated heterocycles. The van der Waals surface area contributed by atoms with Gasteiger partial charge in [-0.1, -0.05) is 17.7 Å². The van der Waals surface area contributed by atoms with Crippen LogP contribution in [0.1, 0.15) is 5.56 Å². The number of hydrogen-bond donors (Lipinski definition) is 2. The van der Waals surface area contributed by atoms with E-state index in [4.69, 9.17) is 22.5 Å². The summed E-state index contributed by atoms with van der Waals surface area (Å²) in [6, 6.07) is 3.29. The average molecular weight is 263 g/mol. The molecule has 8 heteroatoms. The zero-order chi connectivity index (χ0) is 12.2. The molecule has 0 aliphatic heterocycles. The van der Waals surface area contributed by atoms with E-state index in [9.17, 15) is 4.21 Å². The highest BCUT2D eigenvalue weighted by atomic mass is 35.5. The third kappa shape index (κ3) is 4.03. The Hall–Kier alpha value is -1.34. The summed E-state index contributed by atoms with van der Waals surface area (Å²) in [7, 11) is -2.58. The Morgan fingerprint density at radius 3 is 2.88 bits per heavy atom. The molecule has 1 heterocycles. The largest absolute Gasteiger partial charge is 0.408 e. The second-order valence-electron chi connectivity index (χ2n) is 3.14. The molecule has 1 unspecified atom stereocenters. The van der Waals surface area contributed by atoms with Crippen molar-refractivity contribution >= 4 is 27.3 Å². The van der Waals surface area contributed by atoms with Gasteiger partial charge in [-0.2, -0.15) is 4.36 Å². The minimum Gasteiger partial charge on any atom is -0.408 e. The third-order valence-corrected chi connectivity index (χ3v) is 3.28. The predicted octanol–water partition coefficient (Wildman–Crippen LogP) is 1.04. The number of nitrogens with zero attached hydrogens (tertiary/aromatic N) is 3. The maximum atomic E-state index is 11.9. The van der Waals surface area contributed by atoms with Crippen LogP contribution in [0.4, 0.5) is 0 Å². The number of pyridine rings is 1. The molecular formula is C8H11ClN4O2S. The first-order chi connectivity index (χ1) is 7.43. The number of halogens is 1. The molecule has 0 amide bonds. The Morgan fingerprint density at radius 1 is 1.69 bits per heavy atom. The number of nitrogens with two attached hydrogens (primary N) is 1. The zero-order valence-electron chi connectivity index (χ0n) is 8.50. The molecule has 0 bridgehead atoms. The zero-order valence-corrected chi connectivity index (χ0v) is 10.1. The number of aromatic nitrogens is 1. The van der Waals surface area contributed by atoms with E-state index in [2.05, 4.69) is 14.5 Å². The minimum absolute atomic E-state index is 0.160. The van der Waals surface area contributed by atoms with Crippen molar-refractivity contribution in [3.05, 3.63) is 29.0 Å². The summed E-state index contributed by atoms with van der Waals surface area (Å²) < 4.78 is 15.5. The van der Waals surface area contributed by atoms with Crippen molar-refractivity contribution in [3.8, 4) is 0 Å². The van der Waals surface area contributed by atoms with Crippen molar-refractivity contribution in [3.63, 3.8) is 0 Å². The van der Waals surface area contributed by atoms with Gasteiger partial charge in [0.25, 0.3) is 5.96 Å². The molecule has 88 valence electrons. The van der Waals surface area contributed by atoms with Crippen LogP contribution in [0.3, 0.4) is 0 Å². The van der Waals surface area contributed by atoms with Crippen LogP contribution in [0.15, 0.2) is 27.8 Å². The Balaban J connectivity index is 2.93. The van der Waals surface area contributed by atoms with E-state index < -0.39 is 15.7 Å². The first kappa shape index (κ1) is 12.7. The van der Waals surface area contributed by atoms with Crippen LogP contribution < -0.4 is 5.73 Å². The van der Waals surface area contributed by atoms with Gasteiger partial charge in [0.1, 0.15) is 5.15 Å². The van der Waals surface area contributed by atoms with Crippen molar-refractivity contribution in [2.75, 3.05) is 6.26 Å². The fourth-order valence-corrected chi connectivity index (χ4v) is 2.45. The van der Waals surface area contributed by atoms with Crippen molar-refractivity contribution in [1.29, 1.82) is 0 Å². The second kappa shape index (κ2) is 5.13. The van der Waals surface area contributed by atoms with E-state index in [0.717, 1.165) is 0 Å². The van der Waals surface area contributed by atoms with Gasteiger partial charge in [0.15, 0.2) is 0 Å². The summed E-state index contributed by atoms with van der Waals surface area (Å²) in [5.74, 6) is -0.248. The van der Waals surface area contributed by atoms with Gasteiger partial charge in [0, 0.05) is 12.5 Å². The Morgan fingerprint density at radius 2 is 2.38 bits per heavy atom. The van der Waals surface area contributed by atoms with Crippen molar-refractivity contribution in [2.45, 2.75) is 5.75 Å². The van der Waals surface area contributed by atoms with Gasteiger partial charge in [-0.25, -0.2) is 9.19 Å². The van der Waals surface area contributed by atoms with Gasteiger partial charge in [0.05, 0.1) is 15.5 Å². The van der Waals surface area contributed by atoms with E-state index in [0.29, 0.717) is 10.7 Å². The monoisotopic (exact) mass is 262 g/mol. The van der Waals surface area contributed by atoms with E-state index in [-0.39, 0.29) is 5.75 Å². The molecule has 3 N–H and O–H groups in total. The van der Waals surface area contributed by atoms with Gasteiger partial charge < -0.3 is 10.9 Å². The highest BCUT2D eigenvalue weighted by Crippen LogP contribution is 2.09. The van der Waals surface area contributed by atoms with Crippen LogP contribution in [0.2, 0.25) is 5.15 Å². The quantitative estimate of drug-likeness (QED) is 0.273. The lowest BCUT2D eigenvalue weighted by molar-refractivity contribution is 0.317. The van der Waals surface area contributed by atoms with E-state index >= 15 is 0 Å². The Kier molecular flexibility index (Phi) is 4.08. The second-order valence-corrected chi connectivity index (χ2v) is 5.92. The molecule has 0 aliphatic rings. The average Bonchev–Trinajstić information content (AvgIpc) is 2.20. The summed E-state index contributed by atoms with van der Waals surface area (Å²) in [6.45, 7) is 0. The molecule has 0 spiro atoms. The maximum absolute atomic E-state index is 11.9. The van der Waals surface area contributed by atoms with Crippen LogP contribution in [-0.4, -0.2) is 26.6 Å². The summed E-state index contributed by atoms with van der Waals surface area (Å²) in [6.07, 6.45) is 2.92. The molecule has 0 aromatic carbocycles. The molecule has 1 rings (SSSR count). The molecule has 0 saturated carbocycles. The number of guanidine groups is 1. The molecule has 16 heavy (non-hydrogen) atoms. The maximum Gasteiger partial charge on any atom is 0.265 e. The van der Waals surface area contributed by atoms with Crippen molar-refractivity contribution in [2.24, 2.45) is 15.3 Å². The molecule has 6 nitrogen and oxygen atoms in total. The molecule has 1 atom stereocenters. The molecule has 0 aliphatic carbocycles. The number of oxime groups is 1. The third-order valence-electron chi connectivity index (χ3n) is 1.61. The highest BCUT2D eigenvalue weighted by molar-refractivity contribution is 7.92. The first-order valence-electron chi connectivity index (χ1n) is 4.21. The Labute approximate surface area is 98.3 Å². The lowest BCUT2D eigenvalue weighted by Gasteiger charge is -2.03. The van der Waals surface area contributed by atoms with Crippen LogP contribution in [-0.2, 0) is 15.5 Å². The van der Waals surface area contributed by atoms with E-state index in [1.807, 2.05) is 0 Å². The van der Waals surface area contributed by atoms with E-state index in [1.54, 1.807) is 12.1 Å². The Bertz CT molecular complexity index is 505. The highest BCUT2D eigenvalue weighted by Gasteiger charge is 2.05. The number of rotatable bonds is 2. The van der Waals surface area contributed by atoms with Gasteiger partial charge in [-0.3, -0.25) is 0 Å². The minimum atomic E-state index is -2.58. The topological polar surface area (TPSA) is 101 Å². The van der Waals surface area contributed by atoms with Gasteiger partial charge >= 0.3 is 0 Å². The van der Waals surface area contributed by atoms with Gasteiger partial charge in [0.2, 0.25) is 0 Å². The normalized spacial score (nSPS) is 15.5. The van der Waals surface area contributed by atoms with Crippen LogP contribution >= 0.6 is 11.6 Å². The fourth-order valence-electron chi connectivity index (χ4n) is 1.05. The standard InChI is InChI=1S/C8H11ClN4O2S/c1-16(15,13-8(10)12-14)5-6-2-3-7(9)11-4-6/h2-4,14H,5H2,1H3,(H2,10,12). The van der Waals surface area contributed by atoms with Crippen molar-refractivity contribution in [1.82, 2.24) is 4.98 Å². The summed E-state index contributed by atoms with van der Waals surface area (Å²) >= 11 is 5.61. The van der Waals surface area contributed by atoms with E-state index in [1.165, 1.54) is 12.5 Å².